The summed E-state index contributed by atoms with van der Waals surface area (Å²) in [4.78, 5) is 2.47. The Balaban J connectivity index is 1.17. The molecule has 1 heterocycles. The van der Waals surface area contributed by atoms with Gasteiger partial charge in [0.05, 0.1) is 5.69 Å². The molecule has 0 N–H and O–H groups in total. The highest BCUT2D eigenvalue weighted by Gasteiger charge is 2.38. The molecule has 0 radical (unpaired) electrons. The summed E-state index contributed by atoms with van der Waals surface area (Å²) in [5.74, 6) is 0. The number of hydrogen-bond acceptors (Lipinski definition) is 2. The molecule has 0 saturated heterocycles. The number of nitrogens with zero attached hydrogens (tertiary/aromatic N) is 1. The predicted molar refractivity (Wildman–Crippen MR) is 244 cm³/mol. The van der Waals surface area contributed by atoms with Crippen LogP contribution in [0.2, 0.25) is 0 Å². The Kier molecular flexibility index (Phi) is 6.78. The maximum absolute atomic E-state index is 7.17. The molecular formula is C56H41NO. The quantitative estimate of drug-likeness (QED) is 0.167. The molecule has 1 aromatic heterocycles. The van der Waals surface area contributed by atoms with Gasteiger partial charge in [0.25, 0.3) is 0 Å². The zero-order valence-electron chi connectivity index (χ0n) is 33.1. The van der Waals surface area contributed by atoms with Crippen molar-refractivity contribution < 1.29 is 4.42 Å². The summed E-state index contributed by atoms with van der Waals surface area (Å²) < 4.78 is 7.17. The minimum atomic E-state index is -0.144. The van der Waals surface area contributed by atoms with Crippen LogP contribution in [0.25, 0.3) is 76.9 Å². The summed E-state index contributed by atoms with van der Waals surface area (Å²) in [6.07, 6.45) is 0. The van der Waals surface area contributed by atoms with Gasteiger partial charge in [0.1, 0.15) is 11.2 Å². The van der Waals surface area contributed by atoms with Gasteiger partial charge in [-0.15, -0.1) is 0 Å². The molecule has 0 bridgehead atoms. The van der Waals surface area contributed by atoms with Gasteiger partial charge in [-0.05, 0) is 102 Å². The lowest BCUT2D eigenvalue weighted by Gasteiger charge is -2.30. The molecule has 0 fully saturated rings. The molecule has 276 valence electrons. The Morgan fingerprint density at radius 3 is 1.45 bits per heavy atom. The molecule has 9 aromatic carbocycles. The number of rotatable bonds is 4. The molecule has 0 aliphatic heterocycles. The largest absolute Gasteiger partial charge is 0.455 e. The first kappa shape index (κ1) is 33.3. The molecule has 12 rings (SSSR count). The van der Waals surface area contributed by atoms with Gasteiger partial charge in [-0.3, -0.25) is 0 Å². The van der Waals surface area contributed by atoms with E-state index in [1.165, 1.54) is 60.7 Å². The van der Waals surface area contributed by atoms with Gasteiger partial charge in [-0.1, -0.05) is 167 Å². The van der Waals surface area contributed by atoms with E-state index in [2.05, 4.69) is 209 Å². The highest BCUT2D eigenvalue weighted by atomic mass is 16.3. The van der Waals surface area contributed by atoms with Crippen LogP contribution in [0, 0.1) is 0 Å². The van der Waals surface area contributed by atoms with Gasteiger partial charge in [-0.2, -0.15) is 0 Å². The van der Waals surface area contributed by atoms with E-state index in [1.807, 2.05) is 0 Å². The second-order valence-corrected chi connectivity index (χ2v) is 17.3. The summed E-state index contributed by atoms with van der Waals surface area (Å²) in [5.41, 5.74) is 17.8. The van der Waals surface area contributed by atoms with Crippen molar-refractivity contribution in [3.05, 3.63) is 198 Å². The lowest BCUT2D eigenvalue weighted by Crippen LogP contribution is -2.18. The molecule has 58 heavy (non-hydrogen) atoms. The van der Waals surface area contributed by atoms with E-state index in [-0.39, 0.29) is 10.8 Å². The van der Waals surface area contributed by atoms with Crippen molar-refractivity contribution in [2.75, 3.05) is 4.90 Å². The summed E-state index contributed by atoms with van der Waals surface area (Å²) in [7, 11) is 0. The minimum Gasteiger partial charge on any atom is -0.455 e. The topological polar surface area (TPSA) is 16.4 Å². The van der Waals surface area contributed by atoms with Gasteiger partial charge in [0.15, 0.2) is 0 Å². The molecular weight excluding hydrogens is 703 g/mol. The van der Waals surface area contributed by atoms with Crippen LogP contribution in [0.4, 0.5) is 17.1 Å². The molecule has 2 nitrogen and oxygen atoms in total. The molecule has 0 unspecified atom stereocenters. The Morgan fingerprint density at radius 2 is 0.845 bits per heavy atom. The van der Waals surface area contributed by atoms with Crippen molar-refractivity contribution in [3.8, 4) is 33.4 Å². The maximum Gasteiger partial charge on any atom is 0.143 e. The van der Waals surface area contributed by atoms with E-state index in [0.29, 0.717) is 0 Å². The fourth-order valence-corrected chi connectivity index (χ4v) is 10.6. The molecule has 2 heteroatoms. The first-order valence-electron chi connectivity index (χ1n) is 20.4. The summed E-state index contributed by atoms with van der Waals surface area (Å²) in [6, 6.07) is 65.0. The maximum atomic E-state index is 7.17. The Bertz CT molecular complexity index is 3240. The molecule has 2 aliphatic rings. The summed E-state index contributed by atoms with van der Waals surface area (Å²) in [5, 5.41) is 7.08. The highest BCUT2D eigenvalue weighted by Crippen LogP contribution is 2.54. The third kappa shape index (κ3) is 4.49. The number of benzene rings is 9. The van der Waals surface area contributed by atoms with Crippen LogP contribution >= 0.6 is 0 Å². The Labute approximate surface area is 338 Å². The van der Waals surface area contributed by atoms with Crippen LogP contribution in [0.5, 0.6) is 0 Å². The van der Waals surface area contributed by atoms with Crippen molar-refractivity contribution in [3.63, 3.8) is 0 Å². The van der Waals surface area contributed by atoms with Crippen LogP contribution in [0.3, 0.4) is 0 Å². The number of hydrogen-bond donors (Lipinski definition) is 0. The monoisotopic (exact) mass is 743 g/mol. The molecule has 0 spiro atoms. The van der Waals surface area contributed by atoms with Crippen molar-refractivity contribution in [1.29, 1.82) is 0 Å². The van der Waals surface area contributed by atoms with Crippen LogP contribution in [0.1, 0.15) is 49.9 Å². The second kappa shape index (κ2) is 11.8. The third-order valence-electron chi connectivity index (χ3n) is 13.4. The predicted octanol–water partition coefficient (Wildman–Crippen LogP) is 15.6. The molecule has 0 saturated carbocycles. The fourth-order valence-electron chi connectivity index (χ4n) is 10.6. The summed E-state index contributed by atoms with van der Waals surface area (Å²) >= 11 is 0. The lowest BCUT2D eigenvalue weighted by atomic mass is 9.82. The van der Waals surface area contributed by atoms with Crippen LogP contribution in [-0.4, -0.2) is 0 Å². The van der Waals surface area contributed by atoms with E-state index < -0.39 is 0 Å². The first-order valence-corrected chi connectivity index (χ1v) is 20.4. The van der Waals surface area contributed by atoms with Gasteiger partial charge in [0, 0.05) is 44.4 Å². The van der Waals surface area contributed by atoms with E-state index in [0.717, 1.165) is 55.5 Å². The molecule has 10 aromatic rings. The van der Waals surface area contributed by atoms with E-state index in [1.54, 1.807) is 0 Å². The standard InChI is InChI=1S/C56H41NO/c1-55(2)47-24-14-12-20-40(47)42-28-26-35(31-49(42)55)57(36-27-29-43-41-21-13-15-25-48(41)56(3,4)50(43)32-36)37-30-46(34-16-6-5-7-17-34)52-51(33-37)58-54-45-23-11-9-19-39(45)38-18-8-10-22-44(38)53(52)54/h5-33H,1-4H3. The van der Waals surface area contributed by atoms with Crippen molar-refractivity contribution >= 4 is 60.5 Å². The van der Waals surface area contributed by atoms with Crippen LogP contribution < -0.4 is 4.90 Å². The van der Waals surface area contributed by atoms with E-state index in [4.69, 9.17) is 4.42 Å². The average molecular weight is 744 g/mol. The SMILES string of the molecule is CC1(C)c2ccccc2-c2ccc(N(c3ccc4c(c3)C(C)(C)c3ccccc3-4)c3cc(-c4ccccc4)c4c(c3)oc3c5ccccc5c5ccccc5c34)cc21. The second-order valence-electron chi connectivity index (χ2n) is 17.3. The zero-order chi connectivity index (χ0) is 38.9. The Hall–Kier alpha value is -6.90. The van der Waals surface area contributed by atoms with Crippen molar-refractivity contribution in [1.82, 2.24) is 0 Å². The normalized spacial score (nSPS) is 14.5. The zero-order valence-corrected chi connectivity index (χ0v) is 33.1. The highest BCUT2D eigenvalue weighted by molar-refractivity contribution is 6.32. The fraction of sp³-hybridized carbons (Fsp3) is 0.107. The Morgan fingerprint density at radius 1 is 0.362 bits per heavy atom. The first-order chi connectivity index (χ1) is 28.3. The number of anilines is 3. The average Bonchev–Trinajstić information content (AvgIpc) is 3.84. The van der Waals surface area contributed by atoms with Gasteiger partial charge >= 0.3 is 0 Å². The molecule has 2 aliphatic carbocycles. The smallest absolute Gasteiger partial charge is 0.143 e. The van der Waals surface area contributed by atoms with Crippen LogP contribution in [0.15, 0.2) is 180 Å². The molecule has 0 amide bonds. The number of fused-ring (bicyclic) bond motifs is 14. The van der Waals surface area contributed by atoms with Gasteiger partial charge in [-0.25, -0.2) is 0 Å². The third-order valence-corrected chi connectivity index (χ3v) is 13.4. The van der Waals surface area contributed by atoms with Gasteiger partial charge < -0.3 is 9.32 Å². The van der Waals surface area contributed by atoms with Gasteiger partial charge in [0.2, 0.25) is 0 Å². The van der Waals surface area contributed by atoms with Crippen molar-refractivity contribution in [2.24, 2.45) is 0 Å². The van der Waals surface area contributed by atoms with Crippen molar-refractivity contribution in [2.45, 2.75) is 38.5 Å². The van der Waals surface area contributed by atoms with E-state index >= 15 is 0 Å². The number of furan rings is 1. The minimum absolute atomic E-state index is 0.144. The van der Waals surface area contributed by atoms with E-state index in [9.17, 15) is 0 Å². The van der Waals surface area contributed by atoms with Crippen LogP contribution in [-0.2, 0) is 10.8 Å². The molecule has 0 atom stereocenters. The lowest BCUT2D eigenvalue weighted by molar-refractivity contribution is 0.660. The summed E-state index contributed by atoms with van der Waals surface area (Å²) in [6.45, 7) is 9.46.